The van der Waals surface area contributed by atoms with Gasteiger partial charge >= 0.3 is 0 Å². The van der Waals surface area contributed by atoms with Crippen LogP contribution >= 0.6 is 11.6 Å². The highest BCUT2D eigenvalue weighted by atomic mass is 35.5. The van der Waals surface area contributed by atoms with Crippen molar-refractivity contribution in [1.29, 1.82) is 0 Å². The summed E-state index contributed by atoms with van der Waals surface area (Å²) in [5, 5.41) is 21.9. The first-order chi connectivity index (χ1) is 12.4. The molecule has 0 saturated heterocycles. The lowest BCUT2D eigenvalue weighted by Gasteiger charge is -2.17. The molecule has 0 saturated carbocycles. The maximum Gasteiger partial charge on any atom is 0.170 e. The van der Waals surface area contributed by atoms with Crippen molar-refractivity contribution in [3.63, 3.8) is 0 Å². The highest BCUT2D eigenvalue weighted by Crippen LogP contribution is 2.37. The number of phenolic OH excluding ortho intramolecular Hbond substituents is 1. The number of hydrogen-bond acceptors (Lipinski definition) is 3. The normalized spacial score (nSPS) is 11.6. The second-order valence-electron chi connectivity index (χ2n) is 5.90. The minimum atomic E-state index is -0.563. The summed E-state index contributed by atoms with van der Waals surface area (Å²) in [6.45, 7) is 1.88. The Bertz CT molecular complexity index is 1000. The first-order valence-electron chi connectivity index (χ1n) is 7.78. The fraction of sp³-hybridized carbons (Fsp3) is 0.0500. The molecule has 0 aromatic heterocycles. The van der Waals surface area contributed by atoms with Crippen LogP contribution in [-0.2, 0) is 0 Å². The maximum absolute atomic E-state index is 14.1. The Kier molecular flexibility index (Phi) is 4.82. The molecule has 0 aliphatic rings. The molecule has 132 valence electrons. The second kappa shape index (κ2) is 7.06. The number of nitrogens with two attached hydrogens (primary N) is 1. The summed E-state index contributed by atoms with van der Waals surface area (Å²) in [6.07, 6.45) is 0. The van der Waals surface area contributed by atoms with Gasteiger partial charge in [0.25, 0.3) is 0 Å². The average Bonchev–Trinajstić information content (AvgIpc) is 2.63. The quantitative estimate of drug-likeness (QED) is 0.265. The molecule has 0 aliphatic heterocycles. The molecular formula is C20H16ClFN2O2. The number of nitrogens with zero attached hydrogens (tertiary/aromatic N) is 1. The number of benzene rings is 3. The van der Waals surface area contributed by atoms with Crippen molar-refractivity contribution in [2.75, 3.05) is 0 Å². The van der Waals surface area contributed by atoms with E-state index in [-0.39, 0.29) is 16.6 Å². The summed E-state index contributed by atoms with van der Waals surface area (Å²) < 4.78 is 14.1. The Morgan fingerprint density at radius 1 is 1.04 bits per heavy atom. The van der Waals surface area contributed by atoms with Crippen molar-refractivity contribution in [3.8, 4) is 28.0 Å². The molecule has 6 heteroatoms. The van der Waals surface area contributed by atoms with E-state index >= 15 is 0 Å². The Hall–Kier alpha value is -3.05. The van der Waals surface area contributed by atoms with E-state index < -0.39 is 5.82 Å². The Balaban J connectivity index is 2.37. The molecule has 0 spiro atoms. The van der Waals surface area contributed by atoms with Crippen LogP contribution in [0.2, 0.25) is 5.02 Å². The molecule has 0 heterocycles. The standard InChI is InChI=1S/C20H16ClFN2O2/c1-11-8-15(12-2-5-14(25)6-3-12)19(16(9-11)20(23)24-26)13-4-7-17(21)18(22)10-13/h2-10,25-26H,1H3,(H2,23,24). The number of rotatable bonds is 3. The topological polar surface area (TPSA) is 78.8 Å². The lowest BCUT2D eigenvalue weighted by atomic mass is 9.88. The third-order valence-corrected chi connectivity index (χ3v) is 4.36. The predicted octanol–water partition coefficient (Wildman–Crippen LogP) is 4.92. The zero-order chi connectivity index (χ0) is 18.8. The Labute approximate surface area is 155 Å². The second-order valence-corrected chi connectivity index (χ2v) is 6.30. The fourth-order valence-electron chi connectivity index (χ4n) is 2.87. The van der Waals surface area contributed by atoms with Gasteiger partial charge in [0.15, 0.2) is 5.84 Å². The molecule has 0 radical (unpaired) electrons. The van der Waals surface area contributed by atoms with Crippen LogP contribution < -0.4 is 5.73 Å². The number of phenols is 1. The summed E-state index contributed by atoms with van der Waals surface area (Å²) in [5.41, 5.74) is 9.93. The zero-order valence-electron chi connectivity index (χ0n) is 13.9. The van der Waals surface area contributed by atoms with Crippen molar-refractivity contribution in [2.45, 2.75) is 6.92 Å². The van der Waals surface area contributed by atoms with Gasteiger partial charge in [-0.15, -0.1) is 0 Å². The van der Waals surface area contributed by atoms with Crippen LogP contribution in [0.4, 0.5) is 4.39 Å². The van der Waals surface area contributed by atoms with Crippen molar-refractivity contribution in [2.24, 2.45) is 10.9 Å². The van der Waals surface area contributed by atoms with Gasteiger partial charge in [-0.1, -0.05) is 41.0 Å². The molecule has 0 unspecified atom stereocenters. The smallest absolute Gasteiger partial charge is 0.170 e. The molecule has 0 atom stereocenters. The van der Waals surface area contributed by atoms with Gasteiger partial charge in [-0.05, 0) is 59.5 Å². The largest absolute Gasteiger partial charge is 0.508 e. The first kappa shape index (κ1) is 17.8. The van der Waals surface area contributed by atoms with Crippen molar-refractivity contribution in [1.82, 2.24) is 0 Å². The first-order valence-corrected chi connectivity index (χ1v) is 8.16. The molecule has 4 nitrogen and oxygen atoms in total. The summed E-state index contributed by atoms with van der Waals surface area (Å²) in [5.74, 6) is -0.511. The monoisotopic (exact) mass is 370 g/mol. The molecular weight excluding hydrogens is 355 g/mol. The van der Waals surface area contributed by atoms with Crippen LogP contribution in [0.5, 0.6) is 5.75 Å². The van der Waals surface area contributed by atoms with Gasteiger partial charge in [-0.3, -0.25) is 0 Å². The zero-order valence-corrected chi connectivity index (χ0v) is 14.6. The number of halogens is 2. The molecule has 0 aliphatic carbocycles. The number of amidine groups is 1. The van der Waals surface area contributed by atoms with E-state index in [1.165, 1.54) is 12.1 Å². The van der Waals surface area contributed by atoms with Crippen LogP contribution in [0.15, 0.2) is 59.8 Å². The van der Waals surface area contributed by atoms with Gasteiger partial charge < -0.3 is 16.0 Å². The van der Waals surface area contributed by atoms with E-state index in [0.29, 0.717) is 16.7 Å². The van der Waals surface area contributed by atoms with Gasteiger partial charge in [-0.25, -0.2) is 4.39 Å². The van der Waals surface area contributed by atoms with E-state index in [2.05, 4.69) is 5.16 Å². The minimum Gasteiger partial charge on any atom is -0.508 e. The third-order valence-electron chi connectivity index (χ3n) is 4.05. The van der Waals surface area contributed by atoms with E-state index in [1.54, 1.807) is 36.4 Å². The number of aryl methyl sites for hydroxylation is 1. The Morgan fingerprint density at radius 3 is 2.31 bits per heavy atom. The van der Waals surface area contributed by atoms with Gasteiger partial charge in [-0.2, -0.15) is 0 Å². The molecule has 0 fully saturated rings. The maximum atomic E-state index is 14.1. The van der Waals surface area contributed by atoms with Crippen molar-refractivity contribution < 1.29 is 14.7 Å². The van der Waals surface area contributed by atoms with Gasteiger partial charge in [0.2, 0.25) is 0 Å². The molecule has 3 aromatic rings. The lowest BCUT2D eigenvalue weighted by molar-refractivity contribution is 0.318. The summed E-state index contributed by atoms with van der Waals surface area (Å²) in [7, 11) is 0. The van der Waals surface area contributed by atoms with E-state index in [4.69, 9.17) is 17.3 Å². The molecule has 0 amide bonds. The number of oxime groups is 1. The summed E-state index contributed by atoms with van der Waals surface area (Å²) in [6, 6.07) is 14.7. The third kappa shape index (κ3) is 3.34. The van der Waals surface area contributed by atoms with Crippen molar-refractivity contribution >= 4 is 17.4 Å². The molecule has 26 heavy (non-hydrogen) atoms. The van der Waals surface area contributed by atoms with E-state index in [1.807, 2.05) is 13.0 Å². The lowest BCUT2D eigenvalue weighted by Crippen LogP contribution is -2.15. The minimum absolute atomic E-state index is 0.0115. The Morgan fingerprint density at radius 2 is 1.69 bits per heavy atom. The van der Waals surface area contributed by atoms with Crippen LogP contribution in [0.1, 0.15) is 11.1 Å². The van der Waals surface area contributed by atoms with E-state index in [9.17, 15) is 14.7 Å². The van der Waals surface area contributed by atoms with E-state index in [0.717, 1.165) is 16.7 Å². The summed E-state index contributed by atoms with van der Waals surface area (Å²) >= 11 is 5.81. The van der Waals surface area contributed by atoms with Crippen molar-refractivity contribution in [3.05, 3.63) is 76.6 Å². The fourth-order valence-corrected chi connectivity index (χ4v) is 2.99. The highest BCUT2D eigenvalue weighted by Gasteiger charge is 2.17. The summed E-state index contributed by atoms with van der Waals surface area (Å²) in [4.78, 5) is 0. The molecule has 4 N–H and O–H groups in total. The predicted molar refractivity (Wildman–Crippen MR) is 101 cm³/mol. The van der Waals surface area contributed by atoms with Gasteiger partial charge in [0.1, 0.15) is 11.6 Å². The van der Waals surface area contributed by atoms with Crippen LogP contribution in [0.3, 0.4) is 0 Å². The average molecular weight is 371 g/mol. The van der Waals surface area contributed by atoms with Crippen LogP contribution in [0, 0.1) is 12.7 Å². The number of hydrogen-bond donors (Lipinski definition) is 3. The van der Waals surface area contributed by atoms with Gasteiger partial charge in [0.05, 0.1) is 5.02 Å². The number of aromatic hydroxyl groups is 1. The van der Waals surface area contributed by atoms with Crippen LogP contribution in [-0.4, -0.2) is 16.1 Å². The molecule has 3 aromatic carbocycles. The molecule has 3 rings (SSSR count). The SMILES string of the molecule is Cc1cc(C(N)=NO)c(-c2ccc(Cl)c(F)c2)c(-c2ccc(O)cc2)c1. The highest BCUT2D eigenvalue weighted by molar-refractivity contribution is 6.30. The van der Waals surface area contributed by atoms with Crippen LogP contribution in [0.25, 0.3) is 22.3 Å². The van der Waals surface area contributed by atoms with Gasteiger partial charge in [0, 0.05) is 11.1 Å². The molecule has 0 bridgehead atoms.